The molecule has 1 aliphatic rings. The molecule has 0 saturated heterocycles. The van der Waals surface area contributed by atoms with E-state index in [1.807, 2.05) is 0 Å². The van der Waals surface area contributed by atoms with Crippen LogP contribution in [-0.2, 0) is 9.59 Å². The highest BCUT2D eigenvalue weighted by molar-refractivity contribution is 5.93. The van der Waals surface area contributed by atoms with Crippen LogP contribution in [0.5, 0.6) is 0 Å². The second kappa shape index (κ2) is 7.76. The molecular formula is C17H22N2O4. The number of hydrogen-bond acceptors (Lipinski definition) is 3. The molecule has 0 aliphatic heterocycles. The standard InChI is InChI=1S/C17H22N2O4/c1-11(18-16(21)12-4-2-3-5-12)10-15(20)19-14-8-6-13(7-9-14)17(22)23/h6-9,11-12H,2-5,10H2,1H3,(H,18,21)(H,19,20)(H,22,23). The van der Waals surface area contributed by atoms with Gasteiger partial charge >= 0.3 is 5.97 Å². The fourth-order valence-electron chi connectivity index (χ4n) is 2.79. The molecule has 2 amide bonds. The molecule has 1 saturated carbocycles. The van der Waals surface area contributed by atoms with Gasteiger partial charge in [0.2, 0.25) is 11.8 Å². The van der Waals surface area contributed by atoms with E-state index in [9.17, 15) is 14.4 Å². The Kier molecular flexibility index (Phi) is 5.73. The number of hydrogen-bond donors (Lipinski definition) is 3. The maximum atomic E-state index is 12.0. The number of carbonyl (C=O) groups excluding carboxylic acids is 2. The summed E-state index contributed by atoms with van der Waals surface area (Å²) < 4.78 is 0. The zero-order valence-electron chi connectivity index (χ0n) is 13.2. The summed E-state index contributed by atoms with van der Waals surface area (Å²) in [5.41, 5.74) is 0.703. The van der Waals surface area contributed by atoms with Crippen molar-refractivity contribution in [3.8, 4) is 0 Å². The second-order valence-corrected chi connectivity index (χ2v) is 6.03. The Morgan fingerprint density at radius 1 is 1.17 bits per heavy atom. The van der Waals surface area contributed by atoms with Crippen molar-refractivity contribution < 1.29 is 19.5 Å². The number of carboxylic acid groups (broad SMARTS) is 1. The van der Waals surface area contributed by atoms with Gasteiger partial charge in [0.25, 0.3) is 0 Å². The Morgan fingerprint density at radius 2 is 1.78 bits per heavy atom. The lowest BCUT2D eigenvalue weighted by Gasteiger charge is -2.16. The number of nitrogens with one attached hydrogen (secondary N) is 2. The van der Waals surface area contributed by atoms with Crippen molar-refractivity contribution in [3.05, 3.63) is 29.8 Å². The summed E-state index contributed by atoms with van der Waals surface area (Å²) in [6.07, 6.45) is 4.24. The van der Waals surface area contributed by atoms with Crippen molar-refractivity contribution in [1.29, 1.82) is 0 Å². The van der Waals surface area contributed by atoms with Gasteiger partial charge in [0.05, 0.1) is 5.56 Å². The van der Waals surface area contributed by atoms with E-state index >= 15 is 0 Å². The fourth-order valence-corrected chi connectivity index (χ4v) is 2.79. The molecular weight excluding hydrogens is 296 g/mol. The third-order valence-corrected chi connectivity index (χ3v) is 4.02. The van der Waals surface area contributed by atoms with E-state index in [0.717, 1.165) is 25.7 Å². The van der Waals surface area contributed by atoms with Crippen LogP contribution in [-0.4, -0.2) is 28.9 Å². The Morgan fingerprint density at radius 3 is 2.35 bits per heavy atom. The van der Waals surface area contributed by atoms with E-state index in [0.29, 0.717) is 5.69 Å². The van der Waals surface area contributed by atoms with Crippen LogP contribution in [0.15, 0.2) is 24.3 Å². The second-order valence-electron chi connectivity index (χ2n) is 6.03. The summed E-state index contributed by atoms with van der Waals surface area (Å²) in [4.78, 5) is 34.7. The minimum absolute atomic E-state index is 0.0358. The van der Waals surface area contributed by atoms with E-state index in [2.05, 4.69) is 10.6 Å². The van der Waals surface area contributed by atoms with Crippen LogP contribution >= 0.6 is 0 Å². The molecule has 0 radical (unpaired) electrons. The average molecular weight is 318 g/mol. The molecule has 1 atom stereocenters. The van der Waals surface area contributed by atoms with Gasteiger partial charge in [-0.1, -0.05) is 12.8 Å². The Bertz CT molecular complexity index is 577. The van der Waals surface area contributed by atoms with Crippen molar-refractivity contribution in [2.24, 2.45) is 5.92 Å². The number of anilines is 1. The lowest BCUT2D eigenvalue weighted by molar-refractivity contribution is -0.125. The van der Waals surface area contributed by atoms with Gasteiger partial charge in [0.15, 0.2) is 0 Å². The number of amides is 2. The van der Waals surface area contributed by atoms with E-state index < -0.39 is 5.97 Å². The summed E-state index contributed by atoms with van der Waals surface area (Å²) in [6, 6.07) is 5.72. The summed E-state index contributed by atoms with van der Waals surface area (Å²) in [6.45, 7) is 1.81. The van der Waals surface area contributed by atoms with Crippen molar-refractivity contribution in [1.82, 2.24) is 5.32 Å². The van der Waals surface area contributed by atoms with E-state index in [4.69, 9.17) is 5.11 Å². The first-order chi connectivity index (χ1) is 11.0. The van der Waals surface area contributed by atoms with E-state index in [1.165, 1.54) is 12.1 Å². The molecule has 0 heterocycles. The molecule has 1 aromatic rings. The molecule has 0 aromatic heterocycles. The number of rotatable bonds is 6. The van der Waals surface area contributed by atoms with Crippen molar-refractivity contribution in [2.75, 3.05) is 5.32 Å². The summed E-state index contributed by atoms with van der Waals surface area (Å²) in [7, 11) is 0. The van der Waals surface area contributed by atoms with Crippen LogP contribution in [0, 0.1) is 5.92 Å². The molecule has 0 bridgehead atoms. The topological polar surface area (TPSA) is 95.5 Å². The minimum atomic E-state index is -1.01. The normalized spacial score (nSPS) is 15.9. The Labute approximate surface area is 135 Å². The zero-order valence-corrected chi connectivity index (χ0v) is 13.2. The number of aromatic carboxylic acids is 1. The van der Waals surface area contributed by atoms with Crippen LogP contribution in [0.4, 0.5) is 5.69 Å². The third kappa shape index (κ3) is 5.09. The van der Waals surface area contributed by atoms with Gasteiger partial charge in [-0.25, -0.2) is 4.79 Å². The predicted molar refractivity (Wildman–Crippen MR) is 86.2 cm³/mol. The van der Waals surface area contributed by atoms with Crippen LogP contribution < -0.4 is 10.6 Å². The first-order valence-corrected chi connectivity index (χ1v) is 7.89. The van der Waals surface area contributed by atoms with E-state index in [-0.39, 0.29) is 35.8 Å². The first-order valence-electron chi connectivity index (χ1n) is 7.89. The molecule has 3 N–H and O–H groups in total. The van der Waals surface area contributed by atoms with Crippen molar-refractivity contribution in [3.63, 3.8) is 0 Å². The molecule has 124 valence electrons. The Hall–Kier alpha value is -2.37. The maximum Gasteiger partial charge on any atom is 0.335 e. The molecule has 6 nitrogen and oxygen atoms in total. The number of benzene rings is 1. The molecule has 0 spiro atoms. The molecule has 6 heteroatoms. The van der Waals surface area contributed by atoms with Gasteiger partial charge in [-0.2, -0.15) is 0 Å². The third-order valence-electron chi connectivity index (χ3n) is 4.02. The quantitative estimate of drug-likeness (QED) is 0.750. The number of carbonyl (C=O) groups is 3. The molecule has 1 aliphatic carbocycles. The smallest absolute Gasteiger partial charge is 0.335 e. The summed E-state index contributed by atoms with van der Waals surface area (Å²) >= 11 is 0. The van der Waals surface area contributed by atoms with Gasteiger partial charge < -0.3 is 15.7 Å². The maximum absolute atomic E-state index is 12.0. The highest BCUT2D eigenvalue weighted by atomic mass is 16.4. The SMILES string of the molecule is CC(CC(=O)Nc1ccc(C(=O)O)cc1)NC(=O)C1CCCC1. The monoisotopic (exact) mass is 318 g/mol. The molecule has 23 heavy (non-hydrogen) atoms. The fraction of sp³-hybridized carbons (Fsp3) is 0.471. The average Bonchev–Trinajstić information content (AvgIpc) is 3.01. The van der Waals surface area contributed by atoms with Gasteiger partial charge in [0, 0.05) is 24.1 Å². The summed E-state index contributed by atoms with van der Waals surface area (Å²) in [5.74, 6) is -1.10. The highest BCUT2D eigenvalue weighted by Gasteiger charge is 2.24. The van der Waals surface area contributed by atoms with Crippen LogP contribution in [0.2, 0.25) is 0 Å². The van der Waals surface area contributed by atoms with Gasteiger partial charge in [0.1, 0.15) is 0 Å². The molecule has 1 fully saturated rings. The van der Waals surface area contributed by atoms with Gasteiger partial charge in [-0.05, 0) is 44.0 Å². The first kappa shape index (κ1) is 17.0. The van der Waals surface area contributed by atoms with E-state index in [1.54, 1.807) is 19.1 Å². The van der Waals surface area contributed by atoms with Crippen molar-refractivity contribution >= 4 is 23.5 Å². The lowest BCUT2D eigenvalue weighted by atomic mass is 10.1. The minimum Gasteiger partial charge on any atom is -0.478 e. The summed E-state index contributed by atoms with van der Waals surface area (Å²) in [5, 5.41) is 14.4. The highest BCUT2D eigenvalue weighted by Crippen LogP contribution is 2.24. The van der Waals surface area contributed by atoms with Gasteiger partial charge in [-0.15, -0.1) is 0 Å². The van der Waals surface area contributed by atoms with Crippen LogP contribution in [0.3, 0.4) is 0 Å². The predicted octanol–water partition coefficient (Wildman–Crippen LogP) is 2.41. The molecule has 1 aromatic carbocycles. The van der Waals surface area contributed by atoms with Gasteiger partial charge in [-0.3, -0.25) is 9.59 Å². The van der Waals surface area contributed by atoms with Crippen LogP contribution in [0.1, 0.15) is 49.4 Å². The zero-order chi connectivity index (χ0) is 16.8. The van der Waals surface area contributed by atoms with Crippen LogP contribution in [0.25, 0.3) is 0 Å². The lowest BCUT2D eigenvalue weighted by Crippen LogP contribution is -2.38. The number of carboxylic acids is 1. The Balaban J connectivity index is 1.79. The molecule has 2 rings (SSSR count). The van der Waals surface area contributed by atoms with Crippen molar-refractivity contribution in [2.45, 2.75) is 45.1 Å². The molecule has 1 unspecified atom stereocenters. The largest absolute Gasteiger partial charge is 0.478 e.